The van der Waals surface area contributed by atoms with E-state index in [1.165, 1.54) is 68.0 Å². The third-order valence-corrected chi connectivity index (χ3v) is 7.08. The lowest BCUT2D eigenvalue weighted by molar-refractivity contribution is -0.610. The molecule has 0 amide bonds. The van der Waals surface area contributed by atoms with E-state index in [-0.39, 0.29) is 0 Å². The van der Waals surface area contributed by atoms with Crippen molar-refractivity contribution >= 4 is 22.2 Å². The van der Waals surface area contributed by atoms with Gasteiger partial charge in [-0.3, -0.25) is 0 Å². The summed E-state index contributed by atoms with van der Waals surface area (Å²) < 4.78 is 38.1. The molecule has 0 saturated carbocycles. The van der Waals surface area contributed by atoms with Gasteiger partial charge in [0.1, 0.15) is 15.9 Å². The Balaban J connectivity index is 0.000000408. The second kappa shape index (κ2) is 17.3. The number of aromatic nitrogens is 1. The van der Waals surface area contributed by atoms with E-state index < -0.39 is 16.1 Å². The van der Waals surface area contributed by atoms with E-state index in [2.05, 4.69) is 44.0 Å². The first-order valence-corrected chi connectivity index (χ1v) is 15.7. The maximum absolute atomic E-state index is 11.7. The highest BCUT2D eigenvalue weighted by atomic mass is 32.2. The number of nitrogens with zero attached hydrogens (tertiary/aromatic N) is 1. The Bertz CT molecular complexity index is 1400. The minimum atomic E-state index is -4.25. The summed E-state index contributed by atoms with van der Waals surface area (Å²) in [5, 5.41) is 0.641. The van der Waals surface area contributed by atoms with Crippen LogP contribution in [0.1, 0.15) is 81.3 Å². The normalized spacial score (nSPS) is 11.1. The predicted molar refractivity (Wildman–Crippen MR) is 165 cm³/mol. The van der Waals surface area contributed by atoms with Crippen LogP contribution in [0.15, 0.2) is 84.3 Å². The Labute approximate surface area is 246 Å². The molecular weight excluding hydrogens is 534 g/mol. The van der Waals surface area contributed by atoms with Gasteiger partial charge in [0.2, 0.25) is 5.69 Å². The van der Waals surface area contributed by atoms with Crippen LogP contribution in [0.5, 0.6) is 5.75 Å². The molecule has 0 N–H and O–H groups in total. The highest BCUT2D eigenvalue weighted by Gasteiger charge is 2.18. The van der Waals surface area contributed by atoms with Crippen LogP contribution >= 0.6 is 0 Å². The lowest BCUT2D eigenvalue weighted by Crippen LogP contribution is -2.38. The molecule has 0 aliphatic rings. The number of benzene rings is 2. The first-order chi connectivity index (χ1) is 19.5. The van der Waals surface area contributed by atoms with Gasteiger partial charge in [0.25, 0.3) is 0 Å². The number of hydrogen-bond donors (Lipinski definition) is 0. The number of carbonyl (C=O) groups is 1. The fraction of sp³-hybridized carbons (Fsp3) is 0.353. The summed E-state index contributed by atoms with van der Waals surface area (Å²) in [4.78, 5) is 11.7. The summed E-state index contributed by atoms with van der Waals surface area (Å²) in [6.07, 6.45) is 11.7. The SMILES string of the molecule is C=C(C)C(=O)Oc1ccc(-[n+]2c(C)ccc(CCCCCCCCC)c2C)cc1.O=S(=O)([O-])C=Cc1ccccc1. The fourth-order valence-electron chi connectivity index (χ4n) is 4.34. The van der Waals surface area contributed by atoms with Gasteiger partial charge in [-0.25, -0.2) is 13.2 Å². The summed E-state index contributed by atoms with van der Waals surface area (Å²) in [5.74, 6) is 0.145. The van der Waals surface area contributed by atoms with Crippen molar-refractivity contribution in [3.63, 3.8) is 0 Å². The third-order valence-electron chi connectivity index (χ3n) is 6.61. The molecule has 0 fully saturated rings. The third kappa shape index (κ3) is 12.7. The zero-order valence-corrected chi connectivity index (χ0v) is 25.6. The molecule has 0 bridgehead atoms. The lowest BCUT2D eigenvalue weighted by atomic mass is 10.0. The Morgan fingerprint density at radius 1 is 0.902 bits per heavy atom. The number of hydrogen-bond acceptors (Lipinski definition) is 5. The number of esters is 1. The standard InChI is InChI=1S/C26H36NO2.C8H8O3S/c1-6-7-8-9-10-11-12-13-23-15-14-21(4)27(22(23)5)24-16-18-25(19-17-24)29-26(28)20(2)3;9-12(10,11)7-6-8-4-2-1-3-5-8/h14-19H,2,6-13H2,1,3-5H3;1-7H,(H,9,10,11)/q+1;/p-1. The van der Waals surface area contributed by atoms with Crippen molar-refractivity contribution in [1.82, 2.24) is 0 Å². The largest absolute Gasteiger partial charge is 0.744 e. The van der Waals surface area contributed by atoms with Gasteiger partial charge < -0.3 is 9.29 Å². The zero-order valence-electron chi connectivity index (χ0n) is 24.8. The molecule has 0 unspecified atom stereocenters. The molecular formula is C34H43NO5S. The molecule has 1 aromatic heterocycles. The molecule has 1 heterocycles. The van der Waals surface area contributed by atoms with Crippen LogP contribution < -0.4 is 9.30 Å². The smallest absolute Gasteiger partial charge is 0.338 e. The topological polar surface area (TPSA) is 87.4 Å². The summed E-state index contributed by atoms with van der Waals surface area (Å²) in [5.41, 5.74) is 6.05. The summed E-state index contributed by atoms with van der Waals surface area (Å²) in [7, 11) is -4.25. The highest BCUT2D eigenvalue weighted by molar-refractivity contribution is 7.88. The van der Waals surface area contributed by atoms with Crippen LogP contribution in [0.25, 0.3) is 11.8 Å². The van der Waals surface area contributed by atoms with Crippen LogP contribution in [0.3, 0.4) is 0 Å². The van der Waals surface area contributed by atoms with Gasteiger partial charge in [0, 0.05) is 48.6 Å². The van der Waals surface area contributed by atoms with E-state index in [0.717, 1.165) is 12.1 Å². The van der Waals surface area contributed by atoms with Crippen molar-refractivity contribution in [3.8, 4) is 11.4 Å². The fourth-order valence-corrected chi connectivity index (χ4v) is 4.67. The molecule has 7 heteroatoms. The van der Waals surface area contributed by atoms with Gasteiger partial charge in [-0.2, -0.15) is 4.57 Å². The molecule has 0 aliphatic carbocycles. The Kier molecular flexibility index (Phi) is 14.2. The second-order valence-electron chi connectivity index (χ2n) is 10.2. The van der Waals surface area contributed by atoms with Crippen LogP contribution in [0.4, 0.5) is 0 Å². The average Bonchev–Trinajstić information content (AvgIpc) is 2.94. The van der Waals surface area contributed by atoms with Gasteiger partial charge in [-0.15, -0.1) is 0 Å². The summed E-state index contributed by atoms with van der Waals surface area (Å²) in [6, 6.07) is 20.9. The number of aryl methyl sites for hydroxylation is 2. The van der Waals surface area contributed by atoms with Crippen LogP contribution in [-0.2, 0) is 21.3 Å². The number of ether oxygens (including phenoxy) is 1. The highest BCUT2D eigenvalue weighted by Crippen LogP contribution is 2.17. The van der Waals surface area contributed by atoms with Crippen LogP contribution in [0, 0.1) is 13.8 Å². The van der Waals surface area contributed by atoms with Crippen molar-refractivity contribution in [3.05, 3.63) is 107 Å². The Morgan fingerprint density at radius 2 is 1.51 bits per heavy atom. The Hall–Kier alpha value is -3.55. The number of carbonyl (C=O) groups excluding carboxylic acids is 1. The van der Waals surface area contributed by atoms with Gasteiger partial charge in [0.15, 0.2) is 11.4 Å². The summed E-state index contributed by atoms with van der Waals surface area (Å²) in [6.45, 7) is 11.8. The second-order valence-corrected chi connectivity index (χ2v) is 11.4. The maximum Gasteiger partial charge on any atom is 0.338 e. The van der Waals surface area contributed by atoms with E-state index in [9.17, 15) is 17.8 Å². The van der Waals surface area contributed by atoms with Crippen molar-refractivity contribution < 1.29 is 27.1 Å². The molecule has 0 aliphatic heterocycles. The molecule has 6 nitrogen and oxygen atoms in total. The monoisotopic (exact) mass is 577 g/mol. The van der Waals surface area contributed by atoms with Gasteiger partial charge in [0.05, 0.1) is 0 Å². The van der Waals surface area contributed by atoms with Gasteiger partial charge in [-0.05, 0) is 49.6 Å². The molecule has 3 aromatic rings. The molecule has 220 valence electrons. The van der Waals surface area contributed by atoms with Crippen molar-refractivity contribution in [2.75, 3.05) is 0 Å². The van der Waals surface area contributed by atoms with Crippen molar-refractivity contribution in [2.24, 2.45) is 0 Å². The minimum Gasteiger partial charge on any atom is -0.744 e. The molecule has 0 radical (unpaired) electrons. The van der Waals surface area contributed by atoms with E-state index in [4.69, 9.17) is 4.74 Å². The quantitative estimate of drug-likeness (QED) is 0.0522. The van der Waals surface area contributed by atoms with E-state index in [1.807, 2.05) is 30.3 Å². The molecule has 0 atom stereocenters. The maximum atomic E-state index is 11.7. The van der Waals surface area contributed by atoms with E-state index in [1.54, 1.807) is 31.2 Å². The number of pyridine rings is 1. The van der Waals surface area contributed by atoms with Crippen molar-refractivity contribution in [1.29, 1.82) is 0 Å². The van der Waals surface area contributed by atoms with Gasteiger partial charge in [-0.1, -0.05) is 82.4 Å². The first kappa shape index (κ1) is 33.7. The minimum absolute atomic E-state index is 0.394. The molecule has 2 aromatic carbocycles. The van der Waals surface area contributed by atoms with E-state index in [0.29, 0.717) is 22.3 Å². The average molecular weight is 578 g/mol. The van der Waals surface area contributed by atoms with Crippen LogP contribution in [-0.4, -0.2) is 18.9 Å². The van der Waals surface area contributed by atoms with Crippen molar-refractivity contribution in [2.45, 2.75) is 79.1 Å². The lowest BCUT2D eigenvalue weighted by Gasteiger charge is -2.09. The molecule has 0 spiro atoms. The molecule has 41 heavy (non-hydrogen) atoms. The van der Waals surface area contributed by atoms with Crippen LogP contribution in [0.2, 0.25) is 0 Å². The van der Waals surface area contributed by atoms with Gasteiger partial charge >= 0.3 is 5.97 Å². The Morgan fingerprint density at radius 3 is 2.10 bits per heavy atom. The van der Waals surface area contributed by atoms with E-state index >= 15 is 0 Å². The first-order valence-electron chi connectivity index (χ1n) is 14.2. The zero-order chi connectivity index (χ0) is 30.3. The number of rotatable bonds is 13. The summed E-state index contributed by atoms with van der Waals surface area (Å²) >= 11 is 0. The predicted octanol–water partition coefficient (Wildman–Crippen LogP) is 7.56. The number of unbranched alkanes of at least 4 members (excludes halogenated alkanes) is 6. The molecule has 3 rings (SSSR count). The molecule has 0 saturated heterocycles.